The fraction of sp³-hybridized carbons (Fsp3) is 0. The first-order chi connectivity index (χ1) is 9.33. The van der Waals surface area contributed by atoms with Gasteiger partial charge in [-0.25, -0.2) is 0 Å². The predicted molar refractivity (Wildman–Crippen MR) is 68.6 cm³/mol. The summed E-state index contributed by atoms with van der Waals surface area (Å²) in [7, 11) is 0. The van der Waals surface area contributed by atoms with Gasteiger partial charge in [-0.2, -0.15) is 0 Å². The van der Waals surface area contributed by atoms with E-state index in [-0.39, 0.29) is 16.2 Å². The van der Waals surface area contributed by atoms with Crippen LogP contribution in [0.25, 0.3) is 11.7 Å². The zero-order valence-corrected chi connectivity index (χ0v) is 10.5. The Hall–Kier alpha value is -2.34. The zero-order valence-electron chi connectivity index (χ0n) is 9.65. The summed E-state index contributed by atoms with van der Waals surface area (Å²) in [5.74, 6) is 0.736. The Balaban J connectivity index is 1.76. The maximum absolute atomic E-state index is 11.9. The van der Waals surface area contributed by atoms with E-state index in [4.69, 9.17) is 8.83 Å². The monoisotopic (exact) mass is 272 g/mol. The smallest absolute Gasteiger partial charge is 0.284 e. The number of carbonyl (C=O) groups is 1. The fourth-order valence-electron chi connectivity index (χ4n) is 1.46. The van der Waals surface area contributed by atoms with Crippen molar-refractivity contribution in [2.45, 2.75) is 5.22 Å². The van der Waals surface area contributed by atoms with E-state index < -0.39 is 0 Å². The summed E-state index contributed by atoms with van der Waals surface area (Å²) in [6.45, 7) is 0. The molecule has 0 unspecified atom stereocenters. The topological polar surface area (TPSA) is 69.1 Å². The zero-order chi connectivity index (χ0) is 13.1. The molecule has 0 bridgehead atoms. The lowest BCUT2D eigenvalue weighted by Crippen LogP contribution is -1.92. The van der Waals surface area contributed by atoms with Crippen LogP contribution in [0, 0.1) is 0 Å². The van der Waals surface area contributed by atoms with Crippen LogP contribution in [-0.2, 0) is 0 Å². The van der Waals surface area contributed by atoms with Crippen LogP contribution >= 0.6 is 11.8 Å². The van der Waals surface area contributed by atoms with Gasteiger partial charge in [0, 0.05) is 17.3 Å². The minimum atomic E-state index is -0.143. The molecule has 5 nitrogen and oxygen atoms in total. The number of rotatable bonds is 3. The third-order valence-corrected chi connectivity index (χ3v) is 3.09. The Labute approximate surface area is 112 Å². The summed E-state index contributed by atoms with van der Waals surface area (Å²) in [5, 5.41) is 7.68. The first kappa shape index (κ1) is 11.7. The second kappa shape index (κ2) is 5.11. The minimum absolute atomic E-state index is 0.143. The maximum atomic E-state index is 11.9. The molecule has 0 aliphatic rings. The van der Waals surface area contributed by atoms with Crippen LogP contribution in [0.15, 0.2) is 62.8 Å². The molecule has 0 fully saturated rings. The van der Waals surface area contributed by atoms with Crippen molar-refractivity contribution in [1.29, 1.82) is 0 Å². The van der Waals surface area contributed by atoms with Crippen molar-refractivity contribution in [2.24, 2.45) is 0 Å². The molecule has 6 heteroatoms. The van der Waals surface area contributed by atoms with Gasteiger partial charge < -0.3 is 8.83 Å². The summed E-state index contributed by atoms with van der Waals surface area (Å²) >= 11 is 0.894. The Bertz CT molecular complexity index is 677. The highest BCUT2D eigenvalue weighted by Gasteiger charge is 2.15. The molecule has 1 aromatic carbocycles. The van der Waals surface area contributed by atoms with E-state index in [2.05, 4.69) is 10.2 Å². The maximum Gasteiger partial charge on any atom is 0.284 e. The minimum Gasteiger partial charge on any atom is -0.459 e. The standard InChI is InChI=1S/C13H8N2O3S/c16-12(9-5-2-1-3-6-9)19-13-15-14-11(18-13)10-7-4-8-17-10/h1-8H. The van der Waals surface area contributed by atoms with Crippen molar-refractivity contribution in [2.75, 3.05) is 0 Å². The van der Waals surface area contributed by atoms with Crippen LogP contribution in [0.2, 0.25) is 0 Å². The summed E-state index contributed by atoms with van der Waals surface area (Å²) in [4.78, 5) is 11.9. The van der Waals surface area contributed by atoms with Crippen LogP contribution in [0.5, 0.6) is 0 Å². The molecule has 2 aromatic heterocycles. The lowest BCUT2D eigenvalue weighted by molar-refractivity contribution is 0.108. The second-order valence-corrected chi connectivity index (χ2v) is 4.53. The van der Waals surface area contributed by atoms with Crippen molar-refractivity contribution in [3.63, 3.8) is 0 Å². The molecule has 94 valence electrons. The van der Waals surface area contributed by atoms with E-state index in [9.17, 15) is 4.79 Å². The van der Waals surface area contributed by atoms with Gasteiger partial charge in [0.15, 0.2) is 5.76 Å². The van der Waals surface area contributed by atoms with Gasteiger partial charge in [-0.3, -0.25) is 4.79 Å². The average Bonchev–Trinajstić information content (AvgIpc) is 3.10. The van der Waals surface area contributed by atoms with Gasteiger partial charge in [0.05, 0.1) is 6.26 Å². The molecule has 0 aliphatic heterocycles. The molecule has 0 amide bonds. The second-order valence-electron chi connectivity index (χ2n) is 3.61. The highest BCUT2D eigenvalue weighted by atomic mass is 32.2. The number of nitrogens with zero attached hydrogens (tertiary/aromatic N) is 2. The molecule has 0 saturated carbocycles. The van der Waals surface area contributed by atoms with Crippen molar-refractivity contribution in [3.8, 4) is 11.7 Å². The Morgan fingerprint density at radius 3 is 2.63 bits per heavy atom. The fourth-order valence-corrected chi connectivity index (χ4v) is 2.08. The molecule has 0 N–H and O–H groups in total. The molecule has 0 radical (unpaired) electrons. The lowest BCUT2D eigenvalue weighted by Gasteiger charge is -1.95. The average molecular weight is 272 g/mol. The van der Waals surface area contributed by atoms with E-state index in [1.807, 2.05) is 6.07 Å². The van der Waals surface area contributed by atoms with Crippen molar-refractivity contribution >= 4 is 16.9 Å². The third kappa shape index (κ3) is 2.58. The highest BCUT2D eigenvalue weighted by Crippen LogP contribution is 2.25. The van der Waals surface area contributed by atoms with Gasteiger partial charge in [0.2, 0.25) is 5.12 Å². The van der Waals surface area contributed by atoms with Gasteiger partial charge >= 0.3 is 0 Å². The van der Waals surface area contributed by atoms with Crippen molar-refractivity contribution < 1.29 is 13.6 Å². The Morgan fingerprint density at radius 1 is 1.05 bits per heavy atom. The number of aromatic nitrogens is 2. The van der Waals surface area contributed by atoms with Gasteiger partial charge in [0.25, 0.3) is 11.1 Å². The van der Waals surface area contributed by atoms with Crippen LogP contribution in [0.4, 0.5) is 0 Å². The van der Waals surface area contributed by atoms with Crippen molar-refractivity contribution in [3.05, 3.63) is 54.3 Å². The predicted octanol–water partition coefficient (Wildman–Crippen LogP) is 3.26. The summed E-state index contributed by atoms with van der Waals surface area (Å²) in [6, 6.07) is 12.4. The van der Waals surface area contributed by atoms with E-state index in [1.54, 1.807) is 36.4 Å². The number of hydrogen-bond donors (Lipinski definition) is 0. The van der Waals surface area contributed by atoms with Crippen LogP contribution in [-0.4, -0.2) is 15.3 Å². The van der Waals surface area contributed by atoms with Crippen molar-refractivity contribution in [1.82, 2.24) is 10.2 Å². The van der Waals surface area contributed by atoms with E-state index >= 15 is 0 Å². The normalized spacial score (nSPS) is 10.5. The summed E-state index contributed by atoms with van der Waals surface area (Å²) < 4.78 is 10.5. The molecule has 19 heavy (non-hydrogen) atoms. The number of furan rings is 1. The summed E-state index contributed by atoms with van der Waals surface area (Å²) in [6.07, 6.45) is 1.52. The van der Waals surface area contributed by atoms with Crippen LogP contribution < -0.4 is 0 Å². The van der Waals surface area contributed by atoms with E-state index in [0.717, 1.165) is 11.8 Å². The van der Waals surface area contributed by atoms with Gasteiger partial charge in [0.1, 0.15) is 0 Å². The summed E-state index contributed by atoms with van der Waals surface area (Å²) in [5.41, 5.74) is 0.588. The number of benzene rings is 1. The van der Waals surface area contributed by atoms with Gasteiger partial charge in [-0.1, -0.05) is 30.3 Å². The van der Waals surface area contributed by atoms with Gasteiger partial charge in [-0.05, 0) is 12.1 Å². The largest absolute Gasteiger partial charge is 0.459 e. The Kier molecular flexibility index (Phi) is 3.16. The number of hydrogen-bond acceptors (Lipinski definition) is 6. The van der Waals surface area contributed by atoms with E-state index in [1.165, 1.54) is 6.26 Å². The first-order valence-electron chi connectivity index (χ1n) is 5.47. The SMILES string of the molecule is O=C(Sc1nnc(-c2ccco2)o1)c1ccccc1. The molecular weight excluding hydrogens is 264 g/mol. The molecule has 3 aromatic rings. The molecule has 3 rings (SSSR count). The lowest BCUT2D eigenvalue weighted by atomic mass is 10.2. The van der Waals surface area contributed by atoms with E-state index in [0.29, 0.717) is 11.3 Å². The highest BCUT2D eigenvalue weighted by molar-refractivity contribution is 8.14. The van der Waals surface area contributed by atoms with Gasteiger partial charge in [-0.15, -0.1) is 10.2 Å². The third-order valence-electron chi connectivity index (χ3n) is 2.33. The quantitative estimate of drug-likeness (QED) is 0.681. The number of carbonyl (C=O) groups excluding carboxylic acids is 1. The molecule has 2 heterocycles. The van der Waals surface area contributed by atoms with Crippen LogP contribution in [0.3, 0.4) is 0 Å². The molecule has 0 atom stereocenters. The Morgan fingerprint density at radius 2 is 1.89 bits per heavy atom. The molecular formula is C13H8N2O3S. The first-order valence-corrected chi connectivity index (χ1v) is 6.29. The molecule has 0 spiro atoms. The number of thioether (sulfide) groups is 1. The molecule has 0 aliphatic carbocycles. The van der Waals surface area contributed by atoms with Crippen LogP contribution in [0.1, 0.15) is 10.4 Å². The molecule has 0 saturated heterocycles.